The van der Waals surface area contributed by atoms with Crippen LogP contribution in [0.2, 0.25) is 0 Å². The van der Waals surface area contributed by atoms with Gasteiger partial charge in [-0.1, -0.05) is 0 Å². The Labute approximate surface area is 82.2 Å². The number of benzene rings is 1. The Morgan fingerprint density at radius 2 is 2.00 bits per heavy atom. The van der Waals surface area contributed by atoms with E-state index in [1.165, 1.54) is 24.3 Å². The minimum atomic E-state index is -0.267. The fourth-order valence-corrected chi connectivity index (χ4v) is 0.966. The number of carbonyl (C=O) groups is 1. The predicted octanol–water partition coefficient (Wildman–Crippen LogP) is 0.503. The molecule has 3 N–H and O–H groups in total. The van der Waals surface area contributed by atoms with Gasteiger partial charge in [0.25, 0.3) is 5.91 Å². The molecule has 0 radical (unpaired) electrons. The van der Waals surface area contributed by atoms with Crippen molar-refractivity contribution in [2.24, 2.45) is 0 Å². The summed E-state index contributed by atoms with van der Waals surface area (Å²) in [7, 11) is 0. The molecule has 0 unspecified atom stereocenters. The molecule has 0 aliphatic carbocycles. The smallest absolute Gasteiger partial charge is 0.251 e. The summed E-state index contributed by atoms with van der Waals surface area (Å²) >= 11 is 0. The minimum Gasteiger partial charge on any atom is -0.508 e. The van der Waals surface area contributed by atoms with Crippen LogP contribution >= 0.6 is 0 Å². The number of carbonyl (C=O) groups excluding carboxylic acids is 1. The van der Waals surface area contributed by atoms with Crippen LogP contribution in [0.3, 0.4) is 0 Å². The molecule has 0 aromatic heterocycles. The molecule has 1 aromatic rings. The fraction of sp³-hybridized carbons (Fsp3) is 0.300. The van der Waals surface area contributed by atoms with E-state index < -0.39 is 0 Å². The Hall–Kier alpha value is -1.55. The molecule has 0 aliphatic rings. The summed E-state index contributed by atoms with van der Waals surface area (Å²) < 4.78 is 0. The van der Waals surface area contributed by atoms with Gasteiger partial charge in [0.1, 0.15) is 5.75 Å². The minimum absolute atomic E-state index is 0.0934. The van der Waals surface area contributed by atoms with Gasteiger partial charge in [-0.15, -0.1) is 0 Å². The maximum absolute atomic E-state index is 11.4. The molecule has 4 nitrogen and oxygen atoms in total. The van der Waals surface area contributed by atoms with Gasteiger partial charge in [0.2, 0.25) is 0 Å². The number of hydrogen-bond acceptors (Lipinski definition) is 3. The van der Waals surface area contributed by atoms with E-state index in [0.717, 1.165) is 0 Å². The van der Waals surface area contributed by atoms with Gasteiger partial charge in [-0.25, -0.2) is 0 Å². The van der Waals surface area contributed by atoms with Crippen molar-refractivity contribution in [1.82, 2.24) is 5.32 Å². The van der Waals surface area contributed by atoms with Gasteiger partial charge in [-0.05, 0) is 31.2 Å². The zero-order valence-electron chi connectivity index (χ0n) is 7.90. The lowest BCUT2D eigenvalue weighted by Gasteiger charge is -2.10. The second-order valence-corrected chi connectivity index (χ2v) is 3.10. The van der Waals surface area contributed by atoms with Gasteiger partial charge in [0.05, 0.1) is 6.61 Å². The Bertz CT molecular complexity index is 308. The summed E-state index contributed by atoms with van der Waals surface area (Å²) in [5, 5.41) is 20.3. The summed E-state index contributed by atoms with van der Waals surface area (Å²) in [6.07, 6.45) is 0. The average molecular weight is 195 g/mol. The van der Waals surface area contributed by atoms with Crippen LogP contribution in [0, 0.1) is 0 Å². The van der Waals surface area contributed by atoms with Crippen LogP contribution in [-0.2, 0) is 0 Å². The van der Waals surface area contributed by atoms with Crippen LogP contribution in [0.15, 0.2) is 24.3 Å². The van der Waals surface area contributed by atoms with E-state index in [1.807, 2.05) is 0 Å². The van der Waals surface area contributed by atoms with Crippen molar-refractivity contribution in [3.8, 4) is 5.75 Å². The number of phenols is 1. The molecule has 0 bridgehead atoms. The first-order valence-electron chi connectivity index (χ1n) is 4.34. The number of aliphatic hydroxyl groups is 1. The molecule has 1 amide bonds. The first kappa shape index (κ1) is 10.5. The lowest BCUT2D eigenvalue weighted by atomic mass is 10.2. The van der Waals surface area contributed by atoms with Crippen LogP contribution in [0.1, 0.15) is 17.3 Å². The van der Waals surface area contributed by atoms with Gasteiger partial charge in [-0.3, -0.25) is 4.79 Å². The Balaban J connectivity index is 2.65. The summed E-state index contributed by atoms with van der Waals surface area (Å²) in [5.41, 5.74) is 0.461. The highest BCUT2D eigenvalue weighted by atomic mass is 16.3. The van der Waals surface area contributed by atoms with Crippen LogP contribution in [-0.4, -0.2) is 28.8 Å². The third-order valence-corrected chi connectivity index (χ3v) is 1.78. The monoisotopic (exact) mass is 195 g/mol. The van der Waals surface area contributed by atoms with Crippen molar-refractivity contribution >= 4 is 5.91 Å². The summed E-state index contributed by atoms with van der Waals surface area (Å²) in [5.74, 6) is -0.136. The molecule has 14 heavy (non-hydrogen) atoms. The highest BCUT2D eigenvalue weighted by Gasteiger charge is 2.07. The standard InChI is InChI=1S/C10H13NO3/c1-7(6-12)11-10(14)8-2-4-9(13)5-3-8/h2-5,7,12-13H,6H2,1H3,(H,11,14)/t7-/m0/s1. The van der Waals surface area contributed by atoms with E-state index in [-0.39, 0.29) is 24.3 Å². The van der Waals surface area contributed by atoms with Crippen molar-refractivity contribution in [2.75, 3.05) is 6.61 Å². The fourth-order valence-electron chi connectivity index (χ4n) is 0.966. The van der Waals surface area contributed by atoms with Gasteiger partial charge in [0, 0.05) is 11.6 Å². The first-order chi connectivity index (χ1) is 6.63. The predicted molar refractivity (Wildman–Crippen MR) is 52.1 cm³/mol. The van der Waals surface area contributed by atoms with Gasteiger partial charge in [0.15, 0.2) is 0 Å². The van der Waals surface area contributed by atoms with Crippen LogP contribution in [0.5, 0.6) is 5.75 Å². The molecule has 0 saturated carbocycles. The Kier molecular flexibility index (Phi) is 3.48. The largest absolute Gasteiger partial charge is 0.508 e. The van der Waals surface area contributed by atoms with E-state index in [4.69, 9.17) is 10.2 Å². The van der Waals surface area contributed by atoms with Gasteiger partial charge in [-0.2, -0.15) is 0 Å². The molecule has 0 aliphatic heterocycles. The first-order valence-corrected chi connectivity index (χ1v) is 4.34. The molecular weight excluding hydrogens is 182 g/mol. The van der Waals surface area contributed by atoms with Gasteiger partial charge >= 0.3 is 0 Å². The third kappa shape index (κ3) is 2.74. The van der Waals surface area contributed by atoms with Crippen molar-refractivity contribution in [3.63, 3.8) is 0 Å². The molecule has 0 spiro atoms. The number of hydrogen-bond donors (Lipinski definition) is 3. The molecule has 0 saturated heterocycles. The zero-order valence-corrected chi connectivity index (χ0v) is 7.90. The van der Waals surface area contributed by atoms with Gasteiger partial charge < -0.3 is 15.5 Å². The lowest BCUT2D eigenvalue weighted by molar-refractivity contribution is 0.0922. The normalized spacial score (nSPS) is 12.1. The van der Waals surface area contributed by atoms with Crippen molar-refractivity contribution in [2.45, 2.75) is 13.0 Å². The third-order valence-electron chi connectivity index (χ3n) is 1.78. The molecule has 1 rings (SSSR count). The van der Waals surface area contributed by atoms with E-state index in [9.17, 15) is 4.79 Å². The van der Waals surface area contributed by atoms with E-state index >= 15 is 0 Å². The van der Waals surface area contributed by atoms with Crippen molar-refractivity contribution in [1.29, 1.82) is 0 Å². The number of amides is 1. The molecule has 4 heteroatoms. The Morgan fingerprint density at radius 1 is 1.43 bits per heavy atom. The maximum Gasteiger partial charge on any atom is 0.251 e. The molecular formula is C10H13NO3. The van der Waals surface area contributed by atoms with Crippen LogP contribution in [0.4, 0.5) is 0 Å². The SMILES string of the molecule is C[C@@H](CO)NC(=O)c1ccc(O)cc1. The molecule has 0 heterocycles. The van der Waals surface area contributed by atoms with Crippen LogP contribution in [0.25, 0.3) is 0 Å². The number of rotatable bonds is 3. The molecule has 76 valence electrons. The molecule has 1 atom stereocenters. The number of phenolic OH excluding ortho intramolecular Hbond substituents is 1. The van der Waals surface area contributed by atoms with Crippen molar-refractivity contribution < 1.29 is 15.0 Å². The quantitative estimate of drug-likeness (QED) is 0.658. The maximum atomic E-state index is 11.4. The van der Waals surface area contributed by atoms with Crippen molar-refractivity contribution in [3.05, 3.63) is 29.8 Å². The number of aromatic hydroxyl groups is 1. The summed E-state index contributed by atoms with van der Waals surface area (Å²) in [4.78, 5) is 11.4. The second kappa shape index (κ2) is 4.62. The summed E-state index contributed by atoms with van der Waals surface area (Å²) in [6.45, 7) is 1.61. The Morgan fingerprint density at radius 3 is 2.50 bits per heavy atom. The number of aliphatic hydroxyl groups excluding tert-OH is 1. The molecule has 0 fully saturated rings. The summed E-state index contributed by atoms with van der Waals surface area (Å²) in [6, 6.07) is 5.66. The zero-order chi connectivity index (χ0) is 10.6. The van der Waals surface area contributed by atoms with E-state index in [0.29, 0.717) is 5.56 Å². The highest BCUT2D eigenvalue weighted by Crippen LogP contribution is 2.09. The lowest BCUT2D eigenvalue weighted by Crippen LogP contribution is -2.34. The van der Waals surface area contributed by atoms with E-state index in [1.54, 1.807) is 6.92 Å². The van der Waals surface area contributed by atoms with E-state index in [2.05, 4.69) is 5.32 Å². The average Bonchev–Trinajstić information content (AvgIpc) is 2.18. The second-order valence-electron chi connectivity index (χ2n) is 3.10. The molecule has 1 aromatic carbocycles. The highest BCUT2D eigenvalue weighted by molar-refractivity contribution is 5.94. The topological polar surface area (TPSA) is 69.6 Å². The number of nitrogens with one attached hydrogen (secondary N) is 1. The van der Waals surface area contributed by atoms with Crippen LogP contribution < -0.4 is 5.32 Å².